The normalized spacial score (nSPS) is 19.2. The molecule has 1 aromatic rings. The van der Waals surface area contributed by atoms with E-state index in [1.165, 1.54) is 18.4 Å². The molecule has 1 N–H and O–H groups in total. The molecule has 158 valence electrons. The third kappa shape index (κ3) is 6.47. The minimum atomic E-state index is 0. The molecule has 1 aliphatic carbocycles. The van der Waals surface area contributed by atoms with Crippen LogP contribution in [0.15, 0.2) is 29.3 Å². The average Bonchev–Trinajstić information content (AvgIpc) is 3.48. The van der Waals surface area contributed by atoms with E-state index < -0.39 is 0 Å². The zero-order valence-corrected chi connectivity index (χ0v) is 20.0. The van der Waals surface area contributed by atoms with E-state index in [-0.39, 0.29) is 29.4 Å². The van der Waals surface area contributed by atoms with Crippen LogP contribution in [0, 0.1) is 0 Å². The van der Waals surface area contributed by atoms with E-state index in [0.717, 1.165) is 63.1 Å². The first kappa shape index (κ1) is 23.7. The number of hydrogen-bond donors (Lipinski definition) is 1. The van der Waals surface area contributed by atoms with E-state index in [2.05, 4.69) is 27.3 Å². The number of likely N-dealkylation sites (tertiary alicyclic amines) is 1. The Bertz CT molecular complexity index is 632. The summed E-state index contributed by atoms with van der Waals surface area (Å²) in [4.78, 5) is 6.86. The van der Waals surface area contributed by atoms with E-state index in [1.54, 1.807) is 7.11 Å². The van der Waals surface area contributed by atoms with Crippen molar-refractivity contribution >= 4 is 41.5 Å². The van der Waals surface area contributed by atoms with E-state index >= 15 is 0 Å². The lowest BCUT2D eigenvalue weighted by molar-refractivity contribution is 0.00989. The van der Waals surface area contributed by atoms with E-state index in [4.69, 9.17) is 21.1 Å². The summed E-state index contributed by atoms with van der Waals surface area (Å²) in [5.41, 5.74) is 1.55. The Labute approximate surface area is 191 Å². The van der Waals surface area contributed by atoms with Gasteiger partial charge in [-0.15, -0.1) is 24.0 Å². The maximum absolute atomic E-state index is 6.19. The van der Waals surface area contributed by atoms with Crippen molar-refractivity contribution in [2.24, 2.45) is 4.99 Å². The zero-order chi connectivity index (χ0) is 19.1. The Hall–Kier alpha value is -0.570. The van der Waals surface area contributed by atoms with Crippen molar-refractivity contribution in [3.63, 3.8) is 0 Å². The van der Waals surface area contributed by atoms with Gasteiger partial charge in [-0.25, -0.2) is 0 Å². The fourth-order valence-electron chi connectivity index (χ4n) is 3.80. The van der Waals surface area contributed by atoms with Crippen molar-refractivity contribution in [2.75, 3.05) is 47.0 Å². The number of aliphatic imine (C=N–C) groups is 1. The number of ether oxygens (including phenoxy) is 2. The first-order valence-electron chi connectivity index (χ1n) is 9.99. The van der Waals surface area contributed by atoms with Crippen LogP contribution < -0.4 is 5.32 Å². The Kier molecular flexibility index (Phi) is 9.80. The van der Waals surface area contributed by atoms with Crippen molar-refractivity contribution in [1.29, 1.82) is 0 Å². The molecule has 1 aromatic carbocycles. The average molecular weight is 522 g/mol. The lowest BCUT2D eigenvalue weighted by atomic mass is 9.96. The van der Waals surface area contributed by atoms with Gasteiger partial charge in [-0.1, -0.05) is 23.7 Å². The third-order valence-electron chi connectivity index (χ3n) is 5.68. The maximum atomic E-state index is 6.19. The minimum absolute atomic E-state index is 0. The second kappa shape index (κ2) is 11.6. The van der Waals surface area contributed by atoms with Crippen LogP contribution in [0.4, 0.5) is 0 Å². The highest BCUT2D eigenvalue weighted by Crippen LogP contribution is 2.48. The molecule has 0 amide bonds. The highest BCUT2D eigenvalue weighted by atomic mass is 127. The smallest absolute Gasteiger partial charge is 0.193 e. The van der Waals surface area contributed by atoms with Crippen LogP contribution in [0.3, 0.4) is 0 Å². The van der Waals surface area contributed by atoms with Gasteiger partial charge in [-0.3, -0.25) is 4.99 Å². The Morgan fingerprint density at radius 1 is 1.29 bits per heavy atom. The minimum Gasteiger partial charge on any atom is -0.385 e. The summed E-state index contributed by atoms with van der Waals surface area (Å²) >= 11 is 6.19. The van der Waals surface area contributed by atoms with Crippen LogP contribution in [-0.4, -0.2) is 64.0 Å². The summed E-state index contributed by atoms with van der Waals surface area (Å²) in [5, 5.41) is 4.43. The molecule has 0 bridgehead atoms. The molecule has 1 saturated heterocycles. The maximum Gasteiger partial charge on any atom is 0.193 e. The van der Waals surface area contributed by atoms with Gasteiger partial charge in [0.05, 0.1) is 6.10 Å². The quantitative estimate of drug-likeness (QED) is 0.242. The number of benzene rings is 1. The molecule has 0 unspecified atom stereocenters. The van der Waals surface area contributed by atoms with E-state index in [9.17, 15) is 0 Å². The molecular weight excluding hydrogens is 489 g/mol. The number of piperidine rings is 1. The molecule has 2 fully saturated rings. The first-order valence-corrected chi connectivity index (χ1v) is 10.4. The molecular formula is C21H33ClIN3O2. The molecule has 0 spiro atoms. The van der Waals surface area contributed by atoms with Crippen molar-refractivity contribution < 1.29 is 9.47 Å². The monoisotopic (exact) mass is 521 g/mol. The van der Waals surface area contributed by atoms with Crippen LogP contribution in [0.5, 0.6) is 0 Å². The molecule has 0 aromatic heterocycles. The zero-order valence-electron chi connectivity index (χ0n) is 17.0. The number of nitrogens with one attached hydrogen (secondary N) is 1. The molecule has 5 nitrogen and oxygen atoms in total. The van der Waals surface area contributed by atoms with Crippen LogP contribution in [0.2, 0.25) is 5.02 Å². The van der Waals surface area contributed by atoms with Crippen molar-refractivity contribution in [2.45, 2.75) is 43.6 Å². The Morgan fingerprint density at radius 2 is 2.04 bits per heavy atom. The van der Waals surface area contributed by atoms with Gasteiger partial charge in [-0.2, -0.15) is 0 Å². The van der Waals surface area contributed by atoms with Gasteiger partial charge in [-0.05, 0) is 49.8 Å². The van der Waals surface area contributed by atoms with Gasteiger partial charge < -0.3 is 19.7 Å². The SMILES string of the molecule is CN=C(NCC1(c2cccc(Cl)c2)CC1)N1CCC(OCCCOC)CC1.I. The topological polar surface area (TPSA) is 46.1 Å². The molecule has 0 radical (unpaired) electrons. The van der Waals surface area contributed by atoms with Crippen LogP contribution in [0.1, 0.15) is 37.7 Å². The van der Waals surface area contributed by atoms with Crippen molar-refractivity contribution in [3.05, 3.63) is 34.9 Å². The summed E-state index contributed by atoms with van der Waals surface area (Å²) in [7, 11) is 3.60. The van der Waals surface area contributed by atoms with E-state index in [1.807, 2.05) is 19.2 Å². The largest absolute Gasteiger partial charge is 0.385 e. The van der Waals surface area contributed by atoms with Crippen molar-refractivity contribution in [3.8, 4) is 0 Å². The van der Waals surface area contributed by atoms with Gasteiger partial charge in [0.1, 0.15) is 0 Å². The van der Waals surface area contributed by atoms with Gasteiger partial charge in [0.25, 0.3) is 0 Å². The van der Waals surface area contributed by atoms with Crippen LogP contribution in [-0.2, 0) is 14.9 Å². The van der Waals surface area contributed by atoms with Gasteiger partial charge >= 0.3 is 0 Å². The highest BCUT2D eigenvalue weighted by molar-refractivity contribution is 14.0. The fraction of sp³-hybridized carbons (Fsp3) is 0.667. The lowest BCUT2D eigenvalue weighted by Crippen LogP contribution is -2.48. The van der Waals surface area contributed by atoms with Crippen molar-refractivity contribution in [1.82, 2.24) is 10.2 Å². The summed E-state index contributed by atoms with van der Waals surface area (Å²) in [5.74, 6) is 1.00. The van der Waals surface area contributed by atoms with Crippen LogP contribution >= 0.6 is 35.6 Å². The summed E-state index contributed by atoms with van der Waals surface area (Å²) in [6.07, 6.45) is 5.83. The number of methoxy groups -OCH3 is 1. The third-order valence-corrected chi connectivity index (χ3v) is 5.91. The molecule has 1 aliphatic heterocycles. The number of guanidine groups is 1. The second-order valence-electron chi connectivity index (χ2n) is 7.59. The molecule has 1 saturated carbocycles. The standard InChI is InChI=1S/C21H32ClN3O2.HI/c1-23-20(25-11-7-19(8-12-25)27-14-4-13-26-2)24-16-21(9-10-21)17-5-3-6-18(22)15-17;/h3,5-6,15,19H,4,7-14,16H2,1-2H3,(H,23,24);1H. The number of nitrogens with zero attached hydrogens (tertiary/aromatic N) is 2. The molecule has 3 rings (SSSR count). The molecule has 2 aliphatic rings. The van der Waals surface area contributed by atoms with E-state index in [0.29, 0.717) is 6.10 Å². The predicted octanol–water partition coefficient (Wildman–Crippen LogP) is 4.08. The van der Waals surface area contributed by atoms with Gasteiger partial charge in [0.15, 0.2) is 5.96 Å². The fourth-order valence-corrected chi connectivity index (χ4v) is 4.00. The summed E-state index contributed by atoms with van der Waals surface area (Å²) in [6, 6.07) is 8.28. The Morgan fingerprint density at radius 3 is 2.64 bits per heavy atom. The molecule has 0 atom stereocenters. The number of halogens is 2. The predicted molar refractivity (Wildman–Crippen MR) is 126 cm³/mol. The molecule has 28 heavy (non-hydrogen) atoms. The van der Waals surface area contributed by atoms with Gasteiger partial charge in [0.2, 0.25) is 0 Å². The second-order valence-corrected chi connectivity index (χ2v) is 8.03. The molecule has 7 heteroatoms. The Balaban J connectivity index is 0.00000280. The number of hydrogen-bond acceptors (Lipinski definition) is 3. The highest BCUT2D eigenvalue weighted by Gasteiger charge is 2.44. The number of rotatable bonds is 8. The summed E-state index contributed by atoms with van der Waals surface area (Å²) < 4.78 is 11.0. The lowest BCUT2D eigenvalue weighted by Gasteiger charge is -2.34. The summed E-state index contributed by atoms with van der Waals surface area (Å²) in [6.45, 7) is 4.43. The first-order chi connectivity index (χ1) is 13.2. The van der Waals surface area contributed by atoms with Gasteiger partial charge in [0, 0.05) is 57.4 Å². The van der Waals surface area contributed by atoms with Crippen LogP contribution in [0.25, 0.3) is 0 Å². The molecule has 1 heterocycles.